The van der Waals surface area contributed by atoms with E-state index in [0.29, 0.717) is 0 Å². The minimum atomic E-state index is 0.182. The van der Waals surface area contributed by atoms with Gasteiger partial charge in [-0.1, -0.05) is 19.3 Å². The van der Waals surface area contributed by atoms with Crippen LogP contribution in [0.3, 0.4) is 0 Å². The molecule has 23 heavy (non-hydrogen) atoms. The fraction of sp³-hybridized carbons (Fsp3) is 0.778. The Bertz CT molecular complexity index is 555. The molecule has 3 aliphatic rings. The third-order valence-corrected chi connectivity index (χ3v) is 5.80. The highest BCUT2D eigenvalue weighted by Crippen LogP contribution is 2.26. The molecule has 0 atom stereocenters. The number of rotatable bonds is 3. The fourth-order valence-electron chi connectivity index (χ4n) is 4.45. The number of hydrogen-bond donors (Lipinski definition) is 0. The van der Waals surface area contributed by atoms with Crippen LogP contribution in [-0.2, 0) is 13.1 Å². The van der Waals surface area contributed by atoms with Crippen molar-refractivity contribution < 1.29 is 4.79 Å². The first kappa shape index (κ1) is 15.2. The van der Waals surface area contributed by atoms with Crippen LogP contribution in [0, 0.1) is 5.92 Å². The van der Waals surface area contributed by atoms with Crippen LogP contribution in [-0.4, -0.2) is 51.4 Å². The van der Waals surface area contributed by atoms with Crippen LogP contribution in [0.15, 0.2) is 6.20 Å². The lowest BCUT2D eigenvalue weighted by Crippen LogP contribution is -2.39. The van der Waals surface area contributed by atoms with Gasteiger partial charge in [0.1, 0.15) is 11.5 Å². The summed E-state index contributed by atoms with van der Waals surface area (Å²) in [6.45, 7) is 5.91. The number of fused-ring (bicyclic) bond motifs is 1. The summed E-state index contributed by atoms with van der Waals surface area (Å²) >= 11 is 0. The van der Waals surface area contributed by atoms with Crippen LogP contribution in [0.1, 0.15) is 61.3 Å². The molecule has 3 heterocycles. The standard InChI is InChI=1S/C18H28N4O/c23-18(21-8-4-5-9-21)16-12-19-17-14-20(10-11-22(16)17)13-15-6-2-1-3-7-15/h12,15H,1-11,13-14H2. The van der Waals surface area contributed by atoms with E-state index in [1.807, 2.05) is 4.90 Å². The van der Waals surface area contributed by atoms with E-state index in [2.05, 4.69) is 14.5 Å². The van der Waals surface area contributed by atoms with Gasteiger partial charge < -0.3 is 9.47 Å². The summed E-state index contributed by atoms with van der Waals surface area (Å²) in [5, 5.41) is 0. The molecule has 1 aromatic heterocycles. The van der Waals surface area contributed by atoms with Crippen molar-refractivity contribution in [3.05, 3.63) is 17.7 Å². The first-order valence-electron chi connectivity index (χ1n) is 9.37. The number of hydrogen-bond acceptors (Lipinski definition) is 3. The minimum Gasteiger partial charge on any atom is -0.337 e. The van der Waals surface area contributed by atoms with E-state index >= 15 is 0 Å². The predicted molar refractivity (Wildman–Crippen MR) is 89.2 cm³/mol. The molecule has 0 unspecified atom stereocenters. The average Bonchev–Trinajstić information content (AvgIpc) is 3.25. The maximum Gasteiger partial charge on any atom is 0.272 e. The average molecular weight is 316 g/mol. The number of carbonyl (C=O) groups excluding carboxylic acids is 1. The van der Waals surface area contributed by atoms with E-state index in [1.165, 1.54) is 38.6 Å². The number of amides is 1. The third-order valence-electron chi connectivity index (χ3n) is 5.80. The molecular formula is C18H28N4O. The number of imidazole rings is 1. The Labute approximate surface area is 138 Å². The third kappa shape index (κ3) is 3.16. The van der Waals surface area contributed by atoms with Gasteiger partial charge in [-0.15, -0.1) is 0 Å². The largest absolute Gasteiger partial charge is 0.337 e. The Morgan fingerprint density at radius 1 is 1.04 bits per heavy atom. The van der Waals surface area contributed by atoms with Gasteiger partial charge in [-0.2, -0.15) is 0 Å². The van der Waals surface area contributed by atoms with Crippen LogP contribution < -0.4 is 0 Å². The maximum absolute atomic E-state index is 12.6. The molecule has 0 aromatic carbocycles. The van der Waals surface area contributed by atoms with E-state index in [1.54, 1.807) is 6.20 Å². The number of carbonyl (C=O) groups is 1. The van der Waals surface area contributed by atoms with Gasteiger partial charge in [0.2, 0.25) is 0 Å². The SMILES string of the molecule is O=C(c1cnc2n1CCN(CC1CCCCC1)C2)N1CCCC1. The summed E-state index contributed by atoms with van der Waals surface area (Å²) < 4.78 is 2.16. The Morgan fingerprint density at radius 3 is 2.61 bits per heavy atom. The van der Waals surface area contributed by atoms with Gasteiger partial charge in [-0.25, -0.2) is 4.98 Å². The highest BCUT2D eigenvalue weighted by Gasteiger charge is 2.28. The topological polar surface area (TPSA) is 41.4 Å². The summed E-state index contributed by atoms with van der Waals surface area (Å²) in [5.74, 6) is 2.13. The smallest absolute Gasteiger partial charge is 0.272 e. The van der Waals surface area contributed by atoms with Crippen molar-refractivity contribution in [2.24, 2.45) is 5.92 Å². The molecule has 2 aliphatic heterocycles. The first-order chi connectivity index (χ1) is 11.3. The van der Waals surface area contributed by atoms with Gasteiger partial charge in [0.15, 0.2) is 0 Å². The Morgan fingerprint density at radius 2 is 1.83 bits per heavy atom. The van der Waals surface area contributed by atoms with Crippen molar-refractivity contribution in [1.82, 2.24) is 19.4 Å². The summed E-state index contributed by atoms with van der Waals surface area (Å²) in [6, 6.07) is 0. The van der Waals surface area contributed by atoms with Crippen LogP contribution >= 0.6 is 0 Å². The molecule has 1 saturated carbocycles. The van der Waals surface area contributed by atoms with E-state index in [-0.39, 0.29) is 5.91 Å². The molecule has 0 N–H and O–H groups in total. The highest BCUT2D eigenvalue weighted by molar-refractivity contribution is 5.92. The molecule has 0 spiro atoms. The van der Waals surface area contributed by atoms with Crippen molar-refractivity contribution in [2.45, 2.75) is 58.0 Å². The van der Waals surface area contributed by atoms with Crippen LogP contribution in [0.2, 0.25) is 0 Å². The molecule has 4 rings (SSSR count). The van der Waals surface area contributed by atoms with Crippen molar-refractivity contribution >= 4 is 5.91 Å². The maximum atomic E-state index is 12.6. The van der Waals surface area contributed by atoms with Crippen molar-refractivity contribution in [2.75, 3.05) is 26.2 Å². The first-order valence-corrected chi connectivity index (χ1v) is 9.37. The molecule has 126 valence electrons. The zero-order chi connectivity index (χ0) is 15.6. The van der Waals surface area contributed by atoms with Crippen LogP contribution in [0.25, 0.3) is 0 Å². The molecule has 2 fully saturated rings. The lowest BCUT2D eigenvalue weighted by atomic mass is 9.89. The van der Waals surface area contributed by atoms with Crippen LogP contribution in [0.5, 0.6) is 0 Å². The summed E-state index contributed by atoms with van der Waals surface area (Å²) in [6.07, 6.45) is 11.1. The Hall–Kier alpha value is -1.36. The van der Waals surface area contributed by atoms with Crippen molar-refractivity contribution in [3.63, 3.8) is 0 Å². The van der Waals surface area contributed by atoms with Crippen LogP contribution in [0.4, 0.5) is 0 Å². The highest BCUT2D eigenvalue weighted by atomic mass is 16.2. The lowest BCUT2D eigenvalue weighted by molar-refractivity contribution is 0.0776. The van der Waals surface area contributed by atoms with Crippen molar-refractivity contribution in [1.29, 1.82) is 0 Å². The molecule has 1 aliphatic carbocycles. The molecular weight excluding hydrogens is 288 g/mol. The normalized spacial score (nSPS) is 23.2. The molecule has 1 amide bonds. The molecule has 1 saturated heterocycles. The minimum absolute atomic E-state index is 0.182. The molecule has 5 heteroatoms. The quantitative estimate of drug-likeness (QED) is 0.860. The summed E-state index contributed by atoms with van der Waals surface area (Å²) in [7, 11) is 0. The number of nitrogens with zero attached hydrogens (tertiary/aromatic N) is 4. The Kier molecular flexibility index (Phi) is 4.38. The summed E-state index contributed by atoms with van der Waals surface area (Å²) in [5.41, 5.74) is 0.805. The van der Waals surface area contributed by atoms with E-state index in [4.69, 9.17) is 0 Å². The second kappa shape index (κ2) is 6.63. The van der Waals surface area contributed by atoms with Gasteiger partial charge in [-0.3, -0.25) is 9.69 Å². The van der Waals surface area contributed by atoms with Gasteiger partial charge in [-0.05, 0) is 31.6 Å². The number of likely N-dealkylation sites (tertiary alicyclic amines) is 1. The molecule has 1 aromatic rings. The number of aromatic nitrogens is 2. The molecule has 5 nitrogen and oxygen atoms in total. The predicted octanol–water partition coefficient (Wildman–Crippen LogP) is 2.52. The monoisotopic (exact) mass is 316 g/mol. The fourth-order valence-corrected chi connectivity index (χ4v) is 4.45. The van der Waals surface area contributed by atoms with Gasteiger partial charge in [0.25, 0.3) is 5.91 Å². The molecule has 0 radical (unpaired) electrons. The van der Waals surface area contributed by atoms with Gasteiger partial charge >= 0.3 is 0 Å². The van der Waals surface area contributed by atoms with E-state index in [0.717, 1.165) is 63.0 Å². The second-order valence-corrected chi connectivity index (χ2v) is 7.45. The second-order valence-electron chi connectivity index (χ2n) is 7.45. The molecule has 0 bridgehead atoms. The summed E-state index contributed by atoms with van der Waals surface area (Å²) in [4.78, 5) is 21.7. The lowest BCUT2D eigenvalue weighted by Gasteiger charge is -2.33. The zero-order valence-electron chi connectivity index (χ0n) is 14.0. The van der Waals surface area contributed by atoms with Crippen molar-refractivity contribution in [3.8, 4) is 0 Å². The van der Waals surface area contributed by atoms with Gasteiger partial charge in [0.05, 0.1) is 12.7 Å². The van der Waals surface area contributed by atoms with Gasteiger partial charge in [0, 0.05) is 32.7 Å². The van der Waals surface area contributed by atoms with E-state index < -0.39 is 0 Å². The van der Waals surface area contributed by atoms with E-state index in [9.17, 15) is 4.79 Å². The Balaban J connectivity index is 1.41. The zero-order valence-corrected chi connectivity index (χ0v) is 14.0.